The molecule has 2 fully saturated rings. The van der Waals surface area contributed by atoms with Crippen LogP contribution in [0.25, 0.3) is 0 Å². The molecule has 0 N–H and O–H groups in total. The number of methoxy groups -OCH3 is 2. The summed E-state index contributed by atoms with van der Waals surface area (Å²) in [4.78, 5) is -0.0469. The Morgan fingerprint density at radius 3 is 2.62 bits per heavy atom. The Hall–Kier alpha value is -1.36. The normalized spacial score (nSPS) is 26.8. The number of sulfonamides is 1. The van der Waals surface area contributed by atoms with Gasteiger partial charge in [0, 0.05) is 12.6 Å². The molecule has 2 heterocycles. The van der Waals surface area contributed by atoms with Crippen LogP contribution in [0.5, 0.6) is 11.5 Å². The molecular weight excluding hydrogens is 358 g/mol. The van der Waals surface area contributed by atoms with Gasteiger partial charge in [-0.1, -0.05) is 0 Å². The highest BCUT2D eigenvalue weighted by Crippen LogP contribution is 2.35. The molecule has 2 atom stereocenters. The van der Waals surface area contributed by atoms with E-state index in [1.54, 1.807) is 6.07 Å². The lowest BCUT2D eigenvalue weighted by molar-refractivity contribution is -0.0142. The quantitative estimate of drug-likeness (QED) is 0.722. The fourth-order valence-corrected chi connectivity index (χ4v) is 6.86. The SMILES string of the molecule is COc1ccc(OC)c(S(=O)(=O)N2CCOC3CS(=O)(=O)CC32)c1. The minimum atomic E-state index is -3.96. The van der Waals surface area contributed by atoms with Gasteiger partial charge in [-0.15, -0.1) is 0 Å². The van der Waals surface area contributed by atoms with E-state index in [-0.39, 0.29) is 35.3 Å². The fraction of sp³-hybridized carbons (Fsp3) is 0.571. The van der Waals surface area contributed by atoms with E-state index in [0.717, 1.165) is 0 Å². The first kappa shape index (κ1) is 17.5. The number of rotatable bonds is 4. The molecule has 0 radical (unpaired) electrons. The van der Waals surface area contributed by atoms with Crippen LogP contribution < -0.4 is 9.47 Å². The maximum absolute atomic E-state index is 13.1. The van der Waals surface area contributed by atoms with Gasteiger partial charge in [0.25, 0.3) is 0 Å². The molecule has 0 saturated carbocycles. The van der Waals surface area contributed by atoms with Gasteiger partial charge < -0.3 is 14.2 Å². The summed E-state index contributed by atoms with van der Waals surface area (Å²) in [7, 11) is -4.46. The van der Waals surface area contributed by atoms with Gasteiger partial charge in [-0.3, -0.25) is 0 Å². The zero-order valence-corrected chi connectivity index (χ0v) is 15.0. The highest BCUT2D eigenvalue weighted by molar-refractivity contribution is 7.92. The number of sulfone groups is 1. The second-order valence-corrected chi connectivity index (χ2v) is 9.70. The van der Waals surface area contributed by atoms with Crippen LogP contribution in [-0.2, 0) is 24.6 Å². The van der Waals surface area contributed by atoms with Crippen LogP contribution in [0.3, 0.4) is 0 Å². The van der Waals surface area contributed by atoms with Crippen molar-refractivity contribution in [3.05, 3.63) is 18.2 Å². The zero-order valence-electron chi connectivity index (χ0n) is 13.3. The Balaban J connectivity index is 2.04. The molecule has 2 aliphatic rings. The second-order valence-electron chi connectivity index (χ2n) is 5.69. The third-order valence-corrected chi connectivity index (χ3v) is 7.87. The lowest BCUT2D eigenvalue weighted by atomic mass is 10.2. The molecule has 1 aromatic rings. The number of nitrogens with zero attached hydrogens (tertiary/aromatic N) is 1. The lowest BCUT2D eigenvalue weighted by Gasteiger charge is -2.35. The molecule has 134 valence electrons. The first-order valence-corrected chi connectivity index (χ1v) is 10.6. The van der Waals surface area contributed by atoms with E-state index in [1.807, 2.05) is 0 Å². The van der Waals surface area contributed by atoms with Crippen LogP contribution in [0.4, 0.5) is 0 Å². The summed E-state index contributed by atoms with van der Waals surface area (Å²) in [5.41, 5.74) is 0. The number of hydrogen-bond acceptors (Lipinski definition) is 7. The van der Waals surface area contributed by atoms with Crippen molar-refractivity contribution in [1.29, 1.82) is 0 Å². The minimum absolute atomic E-state index is 0.0469. The number of hydrogen-bond donors (Lipinski definition) is 0. The summed E-state index contributed by atoms with van der Waals surface area (Å²) in [6.45, 7) is 0.252. The smallest absolute Gasteiger partial charge is 0.247 e. The maximum atomic E-state index is 13.1. The van der Waals surface area contributed by atoms with Gasteiger partial charge in [0.15, 0.2) is 9.84 Å². The van der Waals surface area contributed by atoms with E-state index in [0.29, 0.717) is 5.75 Å². The number of ether oxygens (including phenoxy) is 3. The van der Waals surface area contributed by atoms with E-state index < -0.39 is 32.0 Å². The molecule has 2 saturated heterocycles. The second kappa shape index (κ2) is 6.17. The van der Waals surface area contributed by atoms with Gasteiger partial charge >= 0.3 is 0 Å². The van der Waals surface area contributed by atoms with Gasteiger partial charge in [0.05, 0.1) is 44.5 Å². The Morgan fingerprint density at radius 1 is 1.21 bits per heavy atom. The van der Waals surface area contributed by atoms with E-state index in [4.69, 9.17) is 14.2 Å². The standard InChI is InChI=1S/C14H19NO7S2/c1-20-10-3-4-12(21-2)14(7-10)24(18,19)15-5-6-22-13-9-23(16,17)8-11(13)15/h3-4,7,11,13H,5-6,8-9H2,1-2H3. The molecule has 1 aromatic carbocycles. The van der Waals surface area contributed by atoms with Gasteiger partial charge in [0.2, 0.25) is 10.0 Å². The number of benzene rings is 1. The first-order valence-electron chi connectivity index (χ1n) is 7.34. The van der Waals surface area contributed by atoms with Crippen molar-refractivity contribution >= 4 is 19.9 Å². The van der Waals surface area contributed by atoms with E-state index in [2.05, 4.69) is 0 Å². The van der Waals surface area contributed by atoms with Crippen molar-refractivity contribution < 1.29 is 31.0 Å². The third kappa shape index (κ3) is 2.99. The molecular formula is C14H19NO7S2. The molecule has 0 bridgehead atoms. The summed E-state index contributed by atoms with van der Waals surface area (Å²) in [5, 5.41) is 0. The summed E-state index contributed by atoms with van der Waals surface area (Å²) < 4.78 is 67.0. The van der Waals surface area contributed by atoms with Crippen LogP contribution in [0.1, 0.15) is 0 Å². The molecule has 0 spiro atoms. The molecule has 0 aromatic heterocycles. The summed E-state index contributed by atoms with van der Waals surface area (Å²) in [5.74, 6) is 0.167. The van der Waals surface area contributed by atoms with Crippen LogP contribution >= 0.6 is 0 Å². The molecule has 3 rings (SSSR count). The van der Waals surface area contributed by atoms with Crippen molar-refractivity contribution in [1.82, 2.24) is 4.31 Å². The Bertz CT molecular complexity index is 835. The molecule has 2 unspecified atom stereocenters. The molecule has 2 aliphatic heterocycles. The van der Waals surface area contributed by atoms with Crippen LogP contribution in [0.2, 0.25) is 0 Å². The summed E-state index contributed by atoms with van der Waals surface area (Å²) >= 11 is 0. The first-order chi connectivity index (χ1) is 11.3. The molecule has 0 amide bonds. The van der Waals surface area contributed by atoms with Crippen molar-refractivity contribution in [3.8, 4) is 11.5 Å². The highest BCUT2D eigenvalue weighted by Gasteiger charge is 2.48. The number of morpholine rings is 1. The van der Waals surface area contributed by atoms with Gasteiger partial charge in [-0.25, -0.2) is 16.8 Å². The summed E-state index contributed by atoms with van der Waals surface area (Å²) in [6, 6.07) is 3.77. The van der Waals surface area contributed by atoms with Gasteiger partial charge in [0.1, 0.15) is 16.4 Å². The van der Waals surface area contributed by atoms with Crippen molar-refractivity contribution in [2.24, 2.45) is 0 Å². The van der Waals surface area contributed by atoms with Gasteiger partial charge in [-0.2, -0.15) is 4.31 Å². The average molecular weight is 377 g/mol. The zero-order chi connectivity index (χ0) is 17.5. The molecule has 10 heteroatoms. The van der Waals surface area contributed by atoms with Gasteiger partial charge in [-0.05, 0) is 12.1 Å². The van der Waals surface area contributed by atoms with Crippen molar-refractivity contribution in [3.63, 3.8) is 0 Å². The van der Waals surface area contributed by atoms with E-state index >= 15 is 0 Å². The molecule has 0 aliphatic carbocycles. The van der Waals surface area contributed by atoms with Crippen LogP contribution in [0.15, 0.2) is 23.1 Å². The summed E-state index contributed by atoms with van der Waals surface area (Å²) in [6.07, 6.45) is -0.630. The van der Waals surface area contributed by atoms with Crippen molar-refractivity contribution in [2.75, 3.05) is 38.9 Å². The predicted octanol–water partition coefficient (Wildman–Crippen LogP) is -0.110. The molecule has 8 nitrogen and oxygen atoms in total. The van der Waals surface area contributed by atoms with E-state index in [9.17, 15) is 16.8 Å². The monoisotopic (exact) mass is 377 g/mol. The van der Waals surface area contributed by atoms with E-state index in [1.165, 1.54) is 30.7 Å². The van der Waals surface area contributed by atoms with Crippen LogP contribution in [0, 0.1) is 0 Å². The Morgan fingerprint density at radius 2 is 1.96 bits per heavy atom. The van der Waals surface area contributed by atoms with Crippen LogP contribution in [-0.4, -0.2) is 72.2 Å². The maximum Gasteiger partial charge on any atom is 0.247 e. The Kier molecular flexibility index (Phi) is 4.49. The molecule has 24 heavy (non-hydrogen) atoms. The topological polar surface area (TPSA) is 99.2 Å². The average Bonchev–Trinajstić information content (AvgIpc) is 2.87. The Labute approximate surface area is 141 Å². The predicted molar refractivity (Wildman–Crippen MR) is 85.6 cm³/mol. The highest BCUT2D eigenvalue weighted by atomic mass is 32.2. The lowest BCUT2D eigenvalue weighted by Crippen LogP contribution is -2.53. The largest absolute Gasteiger partial charge is 0.497 e. The minimum Gasteiger partial charge on any atom is -0.497 e. The van der Waals surface area contributed by atoms with Crippen molar-refractivity contribution in [2.45, 2.75) is 17.0 Å². The third-order valence-electron chi connectivity index (χ3n) is 4.24. The number of fused-ring (bicyclic) bond motifs is 1. The fourth-order valence-electron chi connectivity index (χ4n) is 3.09.